The Balaban J connectivity index is 1.77. The summed E-state index contributed by atoms with van der Waals surface area (Å²) in [6.07, 6.45) is 3.13. The number of rotatable bonds is 6. The number of halogens is 1. The predicted molar refractivity (Wildman–Crippen MR) is 77.7 cm³/mol. The minimum Gasteiger partial charge on any atom is -0.490 e. The monoisotopic (exact) mass is 291 g/mol. The lowest BCUT2D eigenvalue weighted by Crippen LogP contribution is -2.11. The Labute approximate surface area is 121 Å². The summed E-state index contributed by atoms with van der Waals surface area (Å²) in [5.41, 5.74) is 6.03. The predicted octanol–water partition coefficient (Wildman–Crippen LogP) is 2.48. The van der Waals surface area contributed by atoms with Crippen molar-refractivity contribution in [2.24, 2.45) is 5.73 Å². The lowest BCUT2D eigenvalue weighted by molar-refractivity contribution is 0.216. The molecule has 0 aliphatic carbocycles. The van der Waals surface area contributed by atoms with Crippen molar-refractivity contribution in [3.63, 3.8) is 0 Å². The van der Waals surface area contributed by atoms with E-state index in [9.17, 15) is 0 Å². The molecule has 0 aliphatic rings. The van der Waals surface area contributed by atoms with Crippen molar-refractivity contribution in [2.45, 2.75) is 0 Å². The van der Waals surface area contributed by atoms with Gasteiger partial charge in [-0.1, -0.05) is 11.6 Å². The van der Waals surface area contributed by atoms with Crippen molar-refractivity contribution in [3.8, 4) is 11.5 Å². The zero-order valence-electron chi connectivity index (χ0n) is 10.7. The highest BCUT2D eigenvalue weighted by Crippen LogP contribution is 2.15. The molecule has 3 N–H and O–H groups in total. The molecule has 0 bridgehead atoms. The lowest BCUT2D eigenvalue weighted by Gasteiger charge is -2.08. The Morgan fingerprint density at radius 1 is 1.10 bits per heavy atom. The molecule has 1 aromatic heterocycles. The van der Waals surface area contributed by atoms with Crippen LogP contribution in [-0.2, 0) is 0 Å². The molecule has 20 heavy (non-hydrogen) atoms. The van der Waals surface area contributed by atoms with E-state index in [1.54, 1.807) is 42.7 Å². The summed E-state index contributed by atoms with van der Waals surface area (Å²) in [6, 6.07) is 8.68. The number of amidine groups is 1. The maximum Gasteiger partial charge on any atom is 0.139 e. The first-order chi connectivity index (χ1) is 9.65. The second kappa shape index (κ2) is 6.77. The van der Waals surface area contributed by atoms with Crippen molar-refractivity contribution >= 4 is 17.4 Å². The van der Waals surface area contributed by atoms with Gasteiger partial charge in [0.1, 0.15) is 30.5 Å². The van der Waals surface area contributed by atoms with E-state index in [-0.39, 0.29) is 5.84 Å². The van der Waals surface area contributed by atoms with Gasteiger partial charge in [-0.15, -0.1) is 0 Å². The second-order valence-electron chi connectivity index (χ2n) is 3.97. The maximum atomic E-state index is 7.29. The SMILES string of the molecule is N=C(N)c1ccc(OCCOc2cncc(Cl)c2)cc1. The van der Waals surface area contributed by atoms with Gasteiger partial charge in [0, 0.05) is 17.8 Å². The Hall–Kier alpha value is -2.27. The number of aromatic nitrogens is 1. The molecule has 1 aromatic carbocycles. The largest absolute Gasteiger partial charge is 0.490 e. The number of hydrogen-bond donors (Lipinski definition) is 2. The third-order valence-electron chi connectivity index (χ3n) is 2.47. The first kappa shape index (κ1) is 14.1. The van der Waals surface area contributed by atoms with E-state index < -0.39 is 0 Å². The van der Waals surface area contributed by atoms with Gasteiger partial charge in [0.15, 0.2) is 0 Å². The highest BCUT2D eigenvalue weighted by Gasteiger charge is 1.99. The average Bonchev–Trinajstić information content (AvgIpc) is 2.44. The summed E-state index contributed by atoms with van der Waals surface area (Å²) >= 11 is 5.79. The van der Waals surface area contributed by atoms with E-state index in [0.29, 0.717) is 35.3 Å². The number of nitrogen functional groups attached to an aromatic ring is 1. The molecule has 2 rings (SSSR count). The molecule has 0 fully saturated rings. The van der Waals surface area contributed by atoms with Crippen LogP contribution in [0.4, 0.5) is 0 Å². The third kappa shape index (κ3) is 4.13. The van der Waals surface area contributed by atoms with Crippen LogP contribution >= 0.6 is 11.6 Å². The third-order valence-corrected chi connectivity index (χ3v) is 2.67. The number of nitrogens with two attached hydrogens (primary N) is 1. The zero-order valence-corrected chi connectivity index (χ0v) is 11.4. The van der Waals surface area contributed by atoms with Gasteiger partial charge in [-0.3, -0.25) is 10.4 Å². The molecular weight excluding hydrogens is 278 g/mol. The van der Waals surface area contributed by atoms with E-state index in [4.69, 9.17) is 32.2 Å². The van der Waals surface area contributed by atoms with Gasteiger partial charge in [0.05, 0.1) is 11.2 Å². The fourth-order valence-corrected chi connectivity index (χ4v) is 1.68. The van der Waals surface area contributed by atoms with E-state index in [2.05, 4.69) is 4.98 Å². The first-order valence-corrected chi connectivity index (χ1v) is 6.33. The minimum atomic E-state index is 0.0355. The smallest absolute Gasteiger partial charge is 0.139 e. The van der Waals surface area contributed by atoms with Crippen LogP contribution in [0.2, 0.25) is 5.02 Å². The number of ether oxygens (including phenoxy) is 2. The highest BCUT2D eigenvalue weighted by atomic mass is 35.5. The summed E-state index contributed by atoms with van der Waals surface area (Å²) in [4.78, 5) is 3.92. The second-order valence-corrected chi connectivity index (χ2v) is 4.41. The van der Waals surface area contributed by atoms with Crippen molar-refractivity contribution in [1.29, 1.82) is 5.41 Å². The molecule has 0 aliphatic heterocycles. The lowest BCUT2D eigenvalue weighted by atomic mass is 10.2. The first-order valence-electron chi connectivity index (χ1n) is 5.96. The van der Waals surface area contributed by atoms with Crippen molar-refractivity contribution in [1.82, 2.24) is 4.98 Å². The highest BCUT2D eigenvalue weighted by molar-refractivity contribution is 6.30. The van der Waals surface area contributed by atoms with E-state index in [0.717, 1.165) is 0 Å². The number of nitrogens with one attached hydrogen (secondary N) is 1. The molecule has 5 nitrogen and oxygen atoms in total. The van der Waals surface area contributed by atoms with E-state index in [1.165, 1.54) is 0 Å². The Bertz CT molecular complexity index is 587. The van der Waals surface area contributed by atoms with E-state index >= 15 is 0 Å². The summed E-state index contributed by atoms with van der Waals surface area (Å²) in [6.45, 7) is 0.780. The normalized spacial score (nSPS) is 10.1. The van der Waals surface area contributed by atoms with Gasteiger partial charge in [0.25, 0.3) is 0 Å². The summed E-state index contributed by atoms with van der Waals surface area (Å²) in [5.74, 6) is 1.34. The van der Waals surface area contributed by atoms with Gasteiger partial charge in [-0.25, -0.2) is 0 Å². The standard InChI is InChI=1S/C14H14ClN3O2/c15-11-7-13(9-18-8-11)20-6-5-19-12-3-1-10(2-4-12)14(16)17/h1-4,7-9H,5-6H2,(H3,16,17). The summed E-state index contributed by atoms with van der Waals surface area (Å²) < 4.78 is 10.9. The molecule has 0 saturated carbocycles. The van der Waals surface area contributed by atoms with Crippen LogP contribution < -0.4 is 15.2 Å². The Morgan fingerprint density at radius 3 is 2.35 bits per heavy atom. The van der Waals surface area contributed by atoms with E-state index in [1.807, 2.05) is 0 Å². The molecule has 1 heterocycles. The molecule has 0 radical (unpaired) electrons. The van der Waals surface area contributed by atoms with Crippen molar-refractivity contribution in [3.05, 3.63) is 53.3 Å². The Morgan fingerprint density at radius 2 is 1.75 bits per heavy atom. The van der Waals surface area contributed by atoms with Gasteiger partial charge in [-0.05, 0) is 24.3 Å². The van der Waals surface area contributed by atoms with Gasteiger partial charge in [0.2, 0.25) is 0 Å². The van der Waals surface area contributed by atoms with Crippen LogP contribution in [0.5, 0.6) is 11.5 Å². The molecular formula is C14H14ClN3O2. The molecule has 0 saturated heterocycles. The minimum absolute atomic E-state index is 0.0355. The molecule has 6 heteroatoms. The van der Waals surface area contributed by atoms with Gasteiger partial charge >= 0.3 is 0 Å². The maximum absolute atomic E-state index is 7.29. The fraction of sp³-hybridized carbons (Fsp3) is 0.143. The van der Waals surface area contributed by atoms with Crippen LogP contribution in [0.15, 0.2) is 42.7 Å². The van der Waals surface area contributed by atoms with Crippen LogP contribution in [-0.4, -0.2) is 24.0 Å². The van der Waals surface area contributed by atoms with Crippen LogP contribution in [0, 0.1) is 5.41 Å². The zero-order chi connectivity index (χ0) is 14.4. The van der Waals surface area contributed by atoms with Crippen molar-refractivity contribution in [2.75, 3.05) is 13.2 Å². The molecule has 0 atom stereocenters. The number of hydrogen-bond acceptors (Lipinski definition) is 4. The van der Waals surface area contributed by atoms with Crippen LogP contribution in [0.1, 0.15) is 5.56 Å². The van der Waals surface area contributed by atoms with Gasteiger partial charge in [-0.2, -0.15) is 0 Å². The molecule has 2 aromatic rings. The molecule has 0 spiro atoms. The van der Waals surface area contributed by atoms with Crippen LogP contribution in [0.3, 0.4) is 0 Å². The summed E-state index contributed by atoms with van der Waals surface area (Å²) in [7, 11) is 0. The number of pyridine rings is 1. The fourth-order valence-electron chi connectivity index (χ4n) is 1.52. The van der Waals surface area contributed by atoms with Crippen LogP contribution in [0.25, 0.3) is 0 Å². The van der Waals surface area contributed by atoms with Crippen molar-refractivity contribution < 1.29 is 9.47 Å². The quantitative estimate of drug-likeness (QED) is 0.487. The number of benzene rings is 1. The summed E-state index contributed by atoms with van der Waals surface area (Å²) in [5, 5.41) is 7.82. The van der Waals surface area contributed by atoms with Gasteiger partial charge < -0.3 is 15.2 Å². The topological polar surface area (TPSA) is 81.2 Å². The average molecular weight is 292 g/mol. The number of nitrogens with zero attached hydrogens (tertiary/aromatic N) is 1. The molecule has 0 unspecified atom stereocenters. The molecule has 104 valence electrons. The molecule has 0 amide bonds. The Kier molecular flexibility index (Phi) is 4.79.